The second-order valence-electron chi connectivity index (χ2n) is 6.48. The Bertz CT molecular complexity index is 719. The maximum Gasteiger partial charge on any atom is 0.132 e. The van der Waals surface area contributed by atoms with Crippen LogP contribution >= 0.6 is 11.6 Å². The molecule has 1 aliphatic rings. The van der Waals surface area contributed by atoms with Crippen LogP contribution in [0.15, 0.2) is 36.5 Å². The van der Waals surface area contributed by atoms with Crippen molar-refractivity contribution in [3.63, 3.8) is 0 Å². The number of nitrogens with zero attached hydrogens (tertiary/aromatic N) is 3. The molecule has 2 aromatic rings. The standard InChI is InChI=1S/C20H26ClN3O2/c1-3-24(4-2)16-7-5-15(6-8-16)13-23-9-10-26-19-11-20(21)22-12-17(19)18(25)14-23/h5-8,11-12,18,25H,3-4,9-10,13-14H2,1-2H3. The Labute approximate surface area is 160 Å². The van der Waals surface area contributed by atoms with E-state index >= 15 is 0 Å². The van der Waals surface area contributed by atoms with Gasteiger partial charge in [-0.2, -0.15) is 0 Å². The number of pyridine rings is 1. The molecule has 0 saturated carbocycles. The van der Waals surface area contributed by atoms with E-state index in [1.54, 1.807) is 12.3 Å². The van der Waals surface area contributed by atoms with Crippen molar-refractivity contribution >= 4 is 17.3 Å². The zero-order chi connectivity index (χ0) is 18.5. The van der Waals surface area contributed by atoms with E-state index in [9.17, 15) is 5.11 Å². The fraction of sp³-hybridized carbons (Fsp3) is 0.450. The fourth-order valence-corrected chi connectivity index (χ4v) is 3.47. The highest BCUT2D eigenvalue weighted by Crippen LogP contribution is 2.29. The van der Waals surface area contributed by atoms with Gasteiger partial charge in [-0.1, -0.05) is 23.7 Å². The molecule has 140 valence electrons. The minimum atomic E-state index is -0.648. The first-order valence-corrected chi connectivity index (χ1v) is 9.51. The Balaban J connectivity index is 1.68. The van der Waals surface area contributed by atoms with Crippen LogP contribution in [0.4, 0.5) is 5.69 Å². The third-order valence-electron chi connectivity index (χ3n) is 4.79. The second-order valence-corrected chi connectivity index (χ2v) is 6.87. The Hall–Kier alpha value is -1.82. The summed E-state index contributed by atoms with van der Waals surface area (Å²) in [6.45, 7) is 8.95. The lowest BCUT2D eigenvalue weighted by Gasteiger charge is -2.29. The molecule has 26 heavy (non-hydrogen) atoms. The van der Waals surface area contributed by atoms with Gasteiger partial charge in [0, 0.05) is 56.2 Å². The molecule has 5 nitrogen and oxygen atoms in total. The summed E-state index contributed by atoms with van der Waals surface area (Å²) in [6.07, 6.45) is 0.954. The van der Waals surface area contributed by atoms with E-state index in [-0.39, 0.29) is 0 Å². The lowest BCUT2D eigenvalue weighted by molar-refractivity contribution is 0.0835. The third-order valence-corrected chi connectivity index (χ3v) is 4.99. The summed E-state index contributed by atoms with van der Waals surface area (Å²) in [7, 11) is 0. The monoisotopic (exact) mass is 375 g/mol. The van der Waals surface area contributed by atoms with Gasteiger partial charge in [-0.15, -0.1) is 0 Å². The molecule has 2 heterocycles. The van der Waals surface area contributed by atoms with Gasteiger partial charge in [-0.25, -0.2) is 4.98 Å². The Morgan fingerprint density at radius 1 is 1.27 bits per heavy atom. The van der Waals surface area contributed by atoms with Crippen LogP contribution in [-0.2, 0) is 6.54 Å². The molecule has 0 fully saturated rings. The summed E-state index contributed by atoms with van der Waals surface area (Å²) < 4.78 is 5.79. The number of aliphatic hydroxyl groups excluding tert-OH is 1. The highest BCUT2D eigenvalue weighted by Gasteiger charge is 2.21. The van der Waals surface area contributed by atoms with Crippen molar-refractivity contribution < 1.29 is 9.84 Å². The van der Waals surface area contributed by atoms with Crippen molar-refractivity contribution in [1.29, 1.82) is 0 Å². The summed E-state index contributed by atoms with van der Waals surface area (Å²) in [5, 5.41) is 11.0. The third kappa shape index (κ3) is 4.47. The molecular formula is C20H26ClN3O2. The summed E-state index contributed by atoms with van der Waals surface area (Å²) in [4.78, 5) is 8.60. The maximum absolute atomic E-state index is 10.6. The number of aliphatic hydroxyl groups is 1. The van der Waals surface area contributed by atoms with Gasteiger partial charge in [0.15, 0.2) is 0 Å². The van der Waals surface area contributed by atoms with Crippen molar-refractivity contribution in [2.24, 2.45) is 0 Å². The number of hydrogen-bond donors (Lipinski definition) is 1. The van der Waals surface area contributed by atoms with E-state index in [0.717, 1.165) is 26.2 Å². The molecule has 0 spiro atoms. The first-order valence-electron chi connectivity index (χ1n) is 9.13. The van der Waals surface area contributed by atoms with Gasteiger partial charge >= 0.3 is 0 Å². The van der Waals surface area contributed by atoms with E-state index in [1.165, 1.54) is 11.3 Å². The minimum Gasteiger partial charge on any atom is -0.492 e. The van der Waals surface area contributed by atoms with Crippen molar-refractivity contribution in [2.45, 2.75) is 26.5 Å². The first kappa shape index (κ1) is 19.0. The topological polar surface area (TPSA) is 48.8 Å². The lowest BCUT2D eigenvalue weighted by atomic mass is 10.1. The van der Waals surface area contributed by atoms with E-state index in [2.05, 4.69) is 52.9 Å². The molecule has 0 amide bonds. The average Bonchev–Trinajstić information content (AvgIpc) is 2.63. The summed E-state index contributed by atoms with van der Waals surface area (Å²) in [5.74, 6) is 0.626. The van der Waals surface area contributed by atoms with Gasteiger partial charge < -0.3 is 14.7 Å². The molecular weight excluding hydrogens is 350 g/mol. The minimum absolute atomic E-state index is 0.377. The molecule has 1 aromatic carbocycles. The van der Waals surface area contributed by atoms with E-state index in [1.807, 2.05) is 0 Å². The van der Waals surface area contributed by atoms with Crippen LogP contribution in [0.1, 0.15) is 31.1 Å². The number of β-amino-alcohol motifs (C(OH)–C–C–N with tert-alkyl or cyclic N) is 1. The molecule has 0 bridgehead atoms. The van der Waals surface area contributed by atoms with Crippen LogP contribution in [0.25, 0.3) is 0 Å². The number of benzene rings is 1. The Kier molecular flexibility index (Phi) is 6.35. The number of fused-ring (bicyclic) bond motifs is 1. The van der Waals surface area contributed by atoms with Gasteiger partial charge in [0.25, 0.3) is 0 Å². The van der Waals surface area contributed by atoms with E-state index in [4.69, 9.17) is 16.3 Å². The van der Waals surface area contributed by atoms with Gasteiger partial charge in [0.05, 0.1) is 6.10 Å². The normalized spacial score (nSPS) is 17.8. The van der Waals surface area contributed by atoms with Crippen molar-refractivity contribution in [2.75, 3.05) is 37.7 Å². The first-order chi connectivity index (χ1) is 12.6. The predicted octanol–water partition coefficient (Wildman–Crippen LogP) is 3.51. The lowest BCUT2D eigenvalue weighted by Crippen LogP contribution is -2.34. The number of aromatic nitrogens is 1. The summed E-state index contributed by atoms with van der Waals surface area (Å²) in [6, 6.07) is 10.3. The van der Waals surface area contributed by atoms with Crippen LogP contribution < -0.4 is 9.64 Å². The Morgan fingerprint density at radius 3 is 2.69 bits per heavy atom. The zero-order valence-corrected chi connectivity index (χ0v) is 16.1. The highest BCUT2D eigenvalue weighted by atomic mass is 35.5. The van der Waals surface area contributed by atoms with E-state index in [0.29, 0.717) is 29.6 Å². The van der Waals surface area contributed by atoms with Crippen LogP contribution in [0.5, 0.6) is 5.75 Å². The van der Waals surface area contributed by atoms with Gasteiger partial charge in [0.2, 0.25) is 0 Å². The molecule has 1 aliphatic heterocycles. The number of anilines is 1. The molecule has 0 saturated heterocycles. The number of hydrogen-bond acceptors (Lipinski definition) is 5. The molecule has 1 N–H and O–H groups in total. The largest absolute Gasteiger partial charge is 0.492 e. The van der Waals surface area contributed by atoms with Gasteiger partial charge in [-0.05, 0) is 31.5 Å². The molecule has 1 aromatic heterocycles. The van der Waals surface area contributed by atoms with Gasteiger partial charge in [0.1, 0.15) is 17.5 Å². The van der Waals surface area contributed by atoms with Crippen LogP contribution in [0.2, 0.25) is 5.15 Å². The molecule has 6 heteroatoms. The molecule has 3 rings (SSSR count). The zero-order valence-electron chi connectivity index (χ0n) is 15.4. The quantitative estimate of drug-likeness (QED) is 0.810. The summed E-state index contributed by atoms with van der Waals surface area (Å²) in [5.41, 5.74) is 3.16. The smallest absolute Gasteiger partial charge is 0.132 e. The number of rotatable bonds is 5. The average molecular weight is 376 g/mol. The highest BCUT2D eigenvalue weighted by molar-refractivity contribution is 6.29. The fourth-order valence-electron chi connectivity index (χ4n) is 3.32. The summed E-state index contributed by atoms with van der Waals surface area (Å²) >= 11 is 5.92. The van der Waals surface area contributed by atoms with Crippen LogP contribution in [0, 0.1) is 0 Å². The molecule has 0 radical (unpaired) electrons. The number of ether oxygens (including phenoxy) is 1. The van der Waals surface area contributed by atoms with Crippen LogP contribution in [0.3, 0.4) is 0 Å². The van der Waals surface area contributed by atoms with Crippen molar-refractivity contribution in [3.05, 3.63) is 52.8 Å². The SMILES string of the molecule is CCN(CC)c1ccc(CN2CCOc3cc(Cl)ncc3C(O)C2)cc1. The molecule has 1 unspecified atom stereocenters. The number of halogens is 1. The maximum atomic E-state index is 10.6. The van der Waals surface area contributed by atoms with Crippen molar-refractivity contribution in [1.82, 2.24) is 9.88 Å². The van der Waals surface area contributed by atoms with Crippen LogP contribution in [-0.4, -0.2) is 47.8 Å². The Morgan fingerprint density at radius 2 is 2.00 bits per heavy atom. The van der Waals surface area contributed by atoms with E-state index < -0.39 is 6.10 Å². The van der Waals surface area contributed by atoms with Gasteiger partial charge in [-0.3, -0.25) is 4.90 Å². The predicted molar refractivity (Wildman–Crippen MR) is 105 cm³/mol. The second kappa shape index (κ2) is 8.71. The molecule has 0 aliphatic carbocycles. The van der Waals surface area contributed by atoms with Crippen molar-refractivity contribution in [3.8, 4) is 5.75 Å². The molecule has 1 atom stereocenters.